The van der Waals surface area contributed by atoms with Gasteiger partial charge >= 0.3 is 0 Å². The predicted octanol–water partition coefficient (Wildman–Crippen LogP) is 4.43. The third-order valence-corrected chi connectivity index (χ3v) is 4.84. The van der Waals surface area contributed by atoms with Gasteiger partial charge in [0.25, 0.3) is 0 Å². The number of carbonyl (C=O) groups is 1. The quantitative estimate of drug-likeness (QED) is 0.832. The molecule has 1 amide bonds. The third kappa shape index (κ3) is 4.58. The van der Waals surface area contributed by atoms with Gasteiger partial charge in [-0.2, -0.15) is 0 Å². The van der Waals surface area contributed by atoms with Crippen molar-refractivity contribution in [2.24, 2.45) is 0 Å². The highest BCUT2D eigenvalue weighted by atomic mass is 35.5. The lowest BCUT2D eigenvalue weighted by atomic mass is 10.2. The first-order chi connectivity index (χ1) is 12.0. The van der Waals surface area contributed by atoms with Crippen molar-refractivity contribution in [3.63, 3.8) is 0 Å². The lowest BCUT2D eigenvalue weighted by Crippen LogP contribution is -2.16. The summed E-state index contributed by atoms with van der Waals surface area (Å²) in [6, 6.07) is 8.38. The van der Waals surface area contributed by atoms with Crippen molar-refractivity contribution in [1.29, 1.82) is 0 Å². The summed E-state index contributed by atoms with van der Waals surface area (Å²) in [5.41, 5.74) is 1.94. The maximum absolute atomic E-state index is 13.7. The highest BCUT2D eigenvalue weighted by Crippen LogP contribution is 2.39. The molecular formula is C18H17ClFNO3S. The number of amides is 1. The zero-order chi connectivity index (χ0) is 17.8. The molecule has 2 aromatic rings. The minimum Gasteiger partial charge on any atom is -0.486 e. The van der Waals surface area contributed by atoms with Gasteiger partial charge < -0.3 is 14.8 Å². The van der Waals surface area contributed by atoms with E-state index in [1.165, 1.54) is 17.8 Å². The van der Waals surface area contributed by atoms with E-state index in [2.05, 4.69) is 5.32 Å². The van der Waals surface area contributed by atoms with Crippen molar-refractivity contribution in [3.8, 4) is 11.5 Å². The van der Waals surface area contributed by atoms with E-state index in [0.717, 1.165) is 11.1 Å². The second kappa shape index (κ2) is 7.97. The molecule has 132 valence electrons. The fraction of sp³-hybridized carbons (Fsp3) is 0.278. The number of benzene rings is 2. The largest absolute Gasteiger partial charge is 0.486 e. The Kier molecular flexibility index (Phi) is 5.71. The van der Waals surface area contributed by atoms with Gasteiger partial charge in [0.2, 0.25) is 5.91 Å². The van der Waals surface area contributed by atoms with E-state index in [-0.39, 0.29) is 17.3 Å². The number of ether oxygens (including phenoxy) is 2. The lowest BCUT2D eigenvalue weighted by molar-refractivity contribution is -0.113. The summed E-state index contributed by atoms with van der Waals surface area (Å²) in [6.45, 7) is 2.77. The number of aryl methyl sites for hydroxylation is 1. The standard InChI is InChI=1S/C18H17ClFNO3S/c1-11-2-3-15(14(20)6-11)21-17(22)10-25-9-12-7-13(19)18-16(8-12)23-4-5-24-18/h2-3,6-8H,4-5,9-10H2,1H3,(H,21,22). The van der Waals surface area contributed by atoms with Gasteiger partial charge in [0.05, 0.1) is 16.5 Å². The van der Waals surface area contributed by atoms with E-state index in [4.69, 9.17) is 21.1 Å². The Bertz CT molecular complexity index is 800. The highest BCUT2D eigenvalue weighted by Gasteiger charge is 2.17. The van der Waals surface area contributed by atoms with Crippen LogP contribution in [0.25, 0.3) is 0 Å². The summed E-state index contributed by atoms with van der Waals surface area (Å²) < 4.78 is 24.7. The smallest absolute Gasteiger partial charge is 0.234 e. The molecule has 0 aliphatic carbocycles. The van der Waals surface area contributed by atoms with Gasteiger partial charge in [-0.25, -0.2) is 4.39 Å². The zero-order valence-corrected chi connectivity index (χ0v) is 15.2. The number of halogens is 2. The van der Waals surface area contributed by atoms with Gasteiger partial charge in [-0.3, -0.25) is 4.79 Å². The molecule has 0 spiro atoms. The van der Waals surface area contributed by atoms with E-state index in [0.29, 0.717) is 35.5 Å². The first-order valence-electron chi connectivity index (χ1n) is 7.74. The van der Waals surface area contributed by atoms with Crippen LogP contribution in [0.2, 0.25) is 5.02 Å². The summed E-state index contributed by atoms with van der Waals surface area (Å²) in [4.78, 5) is 12.0. The summed E-state index contributed by atoms with van der Waals surface area (Å²) in [6.07, 6.45) is 0. The molecule has 7 heteroatoms. The van der Waals surface area contributed by atoms with Crippen LogP contribution in [0.15, 0.2) is 30.3 Å². The molecule has 0 unspecified atom stereocenters. The first kappa shape index (κ1) is 17.9. The molecule has 1 N–H and O–H groups in total. The zero-order valence-electron chi connectivity index (χ0n) is 13.6. The molecule has 3 rings (SSSR count). The minimum atomic E-state index is -0.433. The molecule has 0 radical (unpaired) electrons. The molecule has 0 fully saturated rings. The molecule has 4 nitrogen and oxygen atoms in total. The SMILES string of the molecule is Cc1ccc(NC(=O)CSCc2cc(Cl)c3c(c2)OCCO3)c(F)c1. The Hall–Kier alpha value is -1.92. The van der Waals surface area contributed by atoms with Crippen LogP contribution in [0.3, 0.4) is 0 Å². The van der Waals surface area contributed by atoms with Crippen molar-refractivity contribution in [3.05, 3.63) is 52.3 Å². The number of fused-ring (bicyclic) bond motifs is 1. The molecule has 1 aliphatic rings. The lowest BCUT2D eigenvalue weighted by Gasteiger charge is -2.20. The highest BCUT2D eigenvalue weighted by molar-refractivity contribution is 7.99. The number of nitrogens with one attached hydrogen (secondary N) is 1. The molecular weight excluding hydrogens is 365 g/mol. The van der Waals surface area contributed by atoms with Crippen LogP contribution < -0.4 is 14.8 Å². The monoisotopic (exact) mass is 381 g/mol. The fourth-order valence-electron chi connectivity index (χ4n) is 2.42. The van der Waals surface area contributed by atoms with Crippen LogP contribution in [-0.4, -0.2) is 24.9 Å². The Morgan fingerprint density at radius 3 is 2.88 bits per heavy atom. The summed E-state index contributed by atoms with van der Waals surface area (Å²) in [7, 11) is 0. The van der Waals surface area contributed by atoms with Crippen LogP contribution in [-0.2, 0) is 10.5 Å². The number of anilines is 1. The van der Waals surface area contributed by atoms with Crippen LogP contribution in [0, 0.1) is 12.7 Å². The van der Waals surface area contributed by atoms with E-state index in [9.17, 15) is 9.18 Å². The maximum atomic E-state index is 13.7. The van der Waals surface area contributed by atoms with E-state index >= 15 is 0 Å². The number of hydrogen-bond donors (Lipinski definition) is 1. The molecule has 0 saturated heterocycles. The Labute approximate surface area is 154 Å². The summed E-state index contributed by atoms with van der Waals surface area (Å²) >= 11 is 7.60. The Balaban J connectivity index is 1.54. The van der Waals surface area contributed by atoms with Gasteiger partial charge in [-0.05, 0) is 42.3 Å². The third-order valence-electron chi connectivity index (χ3n) is 3.56. The minimum absolute atomic E-state index is 0.193. The van der Waals surface area contributed by atoms with Crippen LogP contribution in [0.1, 0.15) is 11.1 Å². The van der Waals surface area contributed by atoms with Gasteiger partial charge in [0.15, 0.2) is 11.5 Å². The average molecular weight is 382 g/mol. The van der Waals surface area contributed by atoms with Gasteiger partial charge in [0.1, 0.15) is 19.0 Å². The second-order valence-corrected chi connectivity index (χ2v) is 7.02. The molecule has 25 heavy (non-hydrogen) atoms. The van der Waals surface area contributed by atoms with Crippen molar-refractivity contribution in [2.75, 3.05) is 24.3 Å². The van der Waals surface area contributed by atoms with Gasteiger partial charge in [-0.15, -0.1) is 11.8 Å². The fourth-order valence-corrected chi connectivity index (χ4v) is 3.47. The number of hydrogen-bond acceptors (Lipinski definition) is 4. The average Bonchev–Trinajstić information content (AvgIpc) is 2.57. The Morgan fingerprint density at radius 1 is 1.28 bits per heavy atom. The first-order valence-corrected chi connectivity index (χ1v) is 9.28. The van der Waals surface area contributed by atoms with Crippen LogP contribution in [0.5, 0.6) is 11.5 Å². The van der Waals surface area contributed by atoms with Gasteiger partial charge in [0, 0.05) is 5.75 Å². The molecule has 1 aliphatic heterocycles. The van der Waals surface area contributed by atoms with Crippen LogP contribution >= 0.6 is 23.4 Å². The van der Waals surface area contributed by atoms with Crippen molar-refractivity contribution in [1.82, 2.24) is 0 Å². The van der Waals surface area contributed by atoms with Crippen molar-refractivity contribution in [2.45, 2.75) is 12.7 Å². The van der Waals surface area contributed by atoms with E-state index in [1.54, 1.807) is 25.1 Å². The normalized spacial score (nSPS) is 12.8. The van der Waals surface area contributed by atoms with Crippen molar-refractivity contribution < 1.29 is 18.7 Å². The molecule has 2 aromatic carbocycles. The van der Waals surface area contributed by atoms with Crippen molar-refractivity contribution >= 4 is 35.0 Å². The second-order valence-electron chi connectivity index (χ2n) is 5.63. The van der Waals surface area contributed by atoms with E-state index < -0.39 is 5.82 Å². The molecule has 0 atom stereocenters. The predicted molar refractivity (Wildman–Crippen MR) is 98.4 cm³/mol. The molecule has 0 bridgehead atoms. The summed E-state index contributed by atoms with van der Waals surface area (Å²) in [5.74, 6) is 1.29. The Morgan fingerprint density at radius 2 is 2.08 bits per heavy atom. The summed E-state index contributed by atoms with van der Waals surface area (Å²) in [5, 5.41) is 3.08. The van der Waals surface area contributed by atoms with E-state index in [1.807, 2.05) is 6.07 Å². The van der Waals surface area contributed by atoms with Crippen LogP contribution in [0.4, 0.5) is 10.1 Å². The molecule has 0 saturated carbocycles. The van der Waals surface area contributed by atoms with Gasteiger partial charge in [-0.1, -0.05) is 17.7 Å². The number of rotatable bonds is 5. The molecule has 0 aromatic heterocycles. The number of thioether (sulfide) groups is 1. The maximum Gasteiger partial charge on any atom is 0.234 e. The topological polar surface area (TPSA) is 47.6 Å². The molecule has 1 heterocycles. The number of carbonyl (C=O) groups excluding carboxylic acids is 1.